The summed E-state index contributed by atoms with van der Waals surface area (Å²) in [5, 5.41) is 3.30. The van der Waals surface area contributed by atoms with Crippen LogP contribution in [-0.2, 0) is 0 Å². The minimum Gasteiger partial charge on any atom is -0.346 e. The first-order chi connectivity index (χ1) is 7.74. The lowest BCUT2D eigenvalue weighted by Gasteiger charge is -2.29. The molecule has 1 aromatic carbocycles. The van der Waals surface area contributed by atoms with Crippen LogP contribution in [0.1, 0.15) is 36.7 Å². The molecule has 0 saturated heterocycles. The molecular formula is C13H17Cl2NO. The Hall–Kier alpha value is -0.730. The van der Waals surface area contributed by atoms with Gasteiger partial charge < -0.3 is 5.32 Å². The lowest BCUT2D eigenvalue weighted by molar-refractivity contribution is 0.0912. The summed E-state index contributed by atoms with van der Waals surface area (Å²) in [4.78, 5) is 12.1. The second-order valence-corrected chi connectivity index (χ2v) is 5.84. The number of carbonyl (C=O) groups excluding carboxylic acids is 1. The first-order valence-electron chi connectivity index (χ1n) is 5.47. The molecule has 94 valence electrons. The normalized spacial score (nSPS) is 13.3. The molecule has 1 amide bonds. The van der Waals surface area contributed by atoms with Crippen molar-refractivity contribution in [1.82, 2.24) is 5.32 Å². The Bertz CT molecular complexity index is 427. The van der Waals surface area contributed by atoms with E-state index in [1.807, 2.05) is 33.8 Å². The molecule has 1 aromatic rings. The average Bonchev–Trinajstić information content (AvgIpc) is 2.20. The van der Waals surface area contributed by atoms with Gasteiger partial charge in [0.05, 0.1) is 10.9 Å². The Labute approximate surface area is 112 Å². The Morgan fingerprint density at radius 2 is 2.00 bits per heavy atom. The van der Waals surface area contributed by atoms with E-state index in [1.165, 1.54) is 0 Å². The fraction of sp³-hybridized carbons (Fsp3) is 0.462. The highest BCUT2D eigenvalue weighted by Crippen LogP contribution is 2.19. The predicted octanol–water partition coefficient (Wildman–Crippen LogP) is 3.78. The van der Waals surface area contributed by atoms with E-state index in [1.54, 1.807) is 12.1 Å². The predicted molar refractivity (Wildman–Crippen MR) is 73.0 cm³/mol. The van der Waals surface area contributed by atoms with Crippen LogP contribution in [0, 0.1) is 6.92 Å². The Balaban J connectivity index is 2.94. The molecule has 1 unspecified atom stereocenters. The van der Waals surface area contributed by atoms with Crippen LogP contribution in [0.2, 0.25) is 5.02 Å². The zero-order valence-corrected chi connectivity index (χ0v) is 12.0. The van der Waals surface area contributed by atoms with Crippen molar-refractivity contribution in [2.75, 3.05) is 0 Å². The zero-order chi connectivity index (χ0) is 13.2. The number of halogens is 2. The number of carbonyl (C=O) groups is 1. The SMILES string of the molecule is Cc1ccc(Cl)cc1C(=O)NC(C)(C)C(C)Cl. The van der Waals surface area contributed by atoms with Crippen LogP contribution in [0.25, 0.3) is 0 Å². The third-order valence-electron chi connectivity index (χ3n) is 2.87. The van der Waals surface area contributed by atoms with Gasteiger partial charge in [0.1, 0.15) is 0 Å². The largest absolute Gasteiger partial charge is 0.346 e. The van der Waals surface area contributed by atoms with Crippen molar-refractivity contribution in [3.05, 3.63) is 34.3 Å². The Morgan fingerprint density at radius 1 is 1.41 bits per heavy atom. The van der Waals surface area contributed by atoms with Crippen LogP contribution >= 0.6 is 23.2 Å². The Morgan fingerprint density at radius 3 is 2.53 bits per heavy atom. The van der Waals surface area contributed by atoms with Crippen molar-refractivity contribution in [2.45, 2.75) is 38.6 Å². The summed E-state index contributed by atoms with van der Waals surface area (Å²) in [7, 11) is 0. The lowest BCUT2D eigenvalue weighted by Crippen LogP contribution is -2.49. The number of hydrogen-bond donors (Lipinski definition) is 1. The molecule has 0 aromatic heterocycles. The number of aryl methyl sites for hydroxylation is 1. The summed E-state index contributed by atoms with van der Waals surface area (Å²) in [6.07, 6.45) is 0. The molecule has 0 radical (unpaired) electrons. The molecule has 1 N–H and O–H groups in total. The fourth-order valence-electron chi connectivity index (χ4n) is 1.30. The van der Waals surface area contributed by atoms with Gasteiger partial charge >= 0.3 is 0 Å². The highest BCUT2D eigenvalue weighted by atomic mass is 35.5. The van der Waals surface area contributed by atoms with Gasteiger partial charge in [-0.2, -0.15) is 0 Å². The molecule has 0 aliphatic heterocycles. The van der Waals surface area contributed by atoms with Crippen molar-refractivity contribution in [3.8, 4) is 0 Å². The monoisotopic (exact) mass is 273 g/mol. The van der Waals surface area contributed by atoms with E-state index in [4.69, 9.17) is 23.2 Å². The zero-order valence-electron chi connectivity index (χ0n) is 10.5. The second-order valence-electron chi connectivity index (χ2n) is 4.75. The van der Waals surface area contributed by atoms with E-state index in [2.05, 4.69) is 5.32 Å². The van der Waals surface area contributed by atoms with Gasteiger partial charge in [-0.3, -0.25) is 4.79 Å². The van der Waals surface area contributed by atoms with Crippen molar-refractivity contribution in [3.63, 3.8) is 0 Å². The maximum atomic E-state index is 12.1. The number of alkyl halides is 1. The summed E-state index contributed by atoms with van der Waals surface area (Å²) in [5.74, 6) is -0.150. The van der Waals surface area contributed by atoms with E-state index < -0.39 is 5.54 Å². The maximum absolute atomic E-state index is 12.1. The lowest BCUT2D eigenvalue weighted by atomic mass is 10.00. The molecule has 2 nitrogen and oxygen atoms in total. The number of amides is 1. The number of hydrogen-bond acceptors (Lipinski definition) is 1. The first kappa shape index (κ1) is 14.3. The summed E-state index contributed by atoms with van der Waals surface area (Å²) in [6, 6.07) is 5.26. The highest BCUT2D eigenvalue weighted by molar-refractivity contribution is 6.31. The molecule has 0 aliphatic rings. The van der Waals surface area contributed by atoms with Gasteiger partial charge in [0, 0.05) is 10.6 Å². The molecule has 0 heterocycles. The van der Waals surface area contributed by atoms with Gasteiger partial charge in [-0.1, -0.05) is 17.7 Å². The molecule has 0 fully saturated rings. The van der Waals surface area contributed by atoms with Crippen molar-refractivity contribution in [2.24, 2.45) is 0 Å². The van der Waals surface area contributed by atoms with E-state index in [0.717, 1.165) is 5.56 Å². The van der Waals surface area contributed by atoms with E-state index in [0.29, 0.717) is 10.6 Å². The van der Waals surface area contributed by atoms with E-state index in [9.17, 15) is 4.79 Å². The van der Waals surface area contributed by atoms with Gasteiger partial charge in [0.15, 0.2) is 0 Å². The van der Waals surface area contributed by atoms with Crippen LogP contribution in [0.3, 0.4) is 0 Å². The van der Waals surface area contributed by atoms with E-state index >= 15 is 0 Å². The van der Waals surface area contributed by atoms with Gasteiger partial charge in [-0.25, -0.2) is 0 Å². The van der Waals surface area contributed by atoms with Crippen LogP contribution in [0.5, 0.6) is 0 Å². The molecular weight excluding hydrogens is 257 g/mol. The van der Waals surface area contributed by atoms with Crippen molar-refractivity contribution < 1.29 is 4.79 Å². The van der Waals surface area contributed by atoms with Crippen LogP contribution in [0.4, 0.5) is 0 Å². The topological polar surface area (TPSA) is 29.1 Å². The smallest absolute Gasteiger partial charge is 0.252 e. The molecule has 0 saturated carbocycles. The second kappa shape index (κ2) is 5.28. The van der Waals surface area contributed by atoms with Crippen molar-refractivity contribution >= 4 is 29.1 Å². The molecule has 4 heteroatoms. The molecule has 0 spiro atoms. The molecule has 0 aliphatic carbocycles. The first-order valence-corrected chi connectivity index (χ1v) is 6.28. The minimum atomic E-state index is -0.465. The van der Waals surface area contributed by atoms with Crippen molar-refractivity contribution in [1.29, 1.82) is 0 Å². The average molecular weight is 274 g/mol. The summed E-state index contributed by atoms with van der Waals surface area (Å²) in [5.41, 5.74) is 1.01. The number of nitrogens with one attached hydrogen (secondary N) is 1. The van der Waals surface area contributed by atoms with Crippen LogP contribution < -0.4 is 5.32 Å². The maximum Gasteiger partial charge on any atom is 0.252 e. The van der Waals surface area contributed by atoms with Gasteiger partial charge in [0.25, 0.3) is 5.91 Å². The molecule has 1 atom stereocenters. The summed E-state index contributed by atoms with van der Waals surface area (Å²) in [6.45, 7) is 7.51. The van der Waals surface area contributed by atoms with Crippen LogP contribution in [0.15, 0.2) is 18.2 Å². The third kappa shape index (κ3) is 3.62. The van der Waals surface area contributed by atoms with Crippen LogP contribution in [-0.4, -0.2) is 16.8 Å². The molecule has 1 rings (SSSR count). The van der Waals surface area contributed by atoms with Gasteiger partial charge in [0.2, 0.25) is 0 Å². The standard InChI is InChI=1S/C13H17Cl2NO/c1-8-5-6-10(15)7-11(8)12(17)16-13(3,4)9(2)14/h5-7,9H,1-4H3,(H,16,17). The van der Waals surface area contributed by atoms with E-state index in [-0.39, 0.29) is 11.3 Å². The molecule has 17 heavy (non-hydrogen) atoms. The summed E-state index contributed by atoms with van der Waals surface area (Å²) < 4.78 is 0. The quantitative estimate of drug-likeness (QED) is 0.835. The molecule has 0 bridgehead atoms. The highest BCUT2D eigenvalue weighted by Gasteiger charge is 2.27. The third-order valence-corrected chi connectivity index (χ3v) is 3.66. The fourth-order valence-corrected chi connectivity index (χ4v) is 1.52. The van der Waals surface area contributed by atoms with Gasteiger partial charge in [-0.05, 0) is 45.4 Å². The van der Waals surface area contributed by atoms with Gasteiger partial charge in [-0.15, -0.1) is 11.6 Å². The number of benzene rings is 1. The summed E-state index contributed by atoms with van der Waals surface area (Å²) >= 11 is 11.9. The Kier molecular flexibility index (Phi) is 4.45. The number of rotatable bonds is 3. The minimum absolute atomic E-state index is 0.150.